The van der Waals surface area contributed by atoms with Crippen LogP contribution in [0.2, 0.25) is 0 Å². The predicted octanol–water partition coefficient (Wildman–Crippen LogP) is 5.85. The van der Waals surface area contributed by atoms with E-state index in [2.05, 4.69) is 0 Å². The minimum Gasteiger partial charge on any atom is -0.497 e. The second-order valence-electron chi connectivity index (χ2n) is 9.54. The van der Waals surface area contributed by atoms with Crippen molar-refractivity contribution >= 4 is 46.1 Å². The van der Waals surface area contributed by atoms with Crippen molar-refractivity contribution in [1.29, 1.82) is 0 Å². The largest absolute Gasteiger partial charge is 0.497 e. The van der Waals surface area contributed by atoms with Crippen LogP contribution in [0.4, 0.5) is 11.4 Å². The molecule has 0 saturated heterocycles. The van der Waals surface area contributed by atoms with Crippen molar-refractivity contribution in [3.05, 3.63) is 76.0 Å². The van der Waals surface area contributed by atoms with E-state index in [0.717, 1.165) is 27.5 Å². The van der Waals surface area contributed by atoms with E-state index in [-0.39, 0.29) is 30.4 Å². The highest BCUT2D eigenvalue weighted by Crippen LogP contribution is 2.48. The fourth-order valence-corrected chi connectivity index (χ4v) is 6.19. The zero-order valence-corrected chi connectivity index (χ0v) is 21.5. The first-order valence-corrected chi connectivity index (χ1v) is 13.2. The van der Waals surface area contributed by atoms with Crippen LogP contribution in [0.15, 0.2) is 65.0 Å². The summed E-state index contributed by atoms with van der Waals surface area (Å²) in [5.74, 6) is -1.20. The Kier molecular flexibility index (Phi) is 6.93. The first-order chi connectivity index (χ1) is 17.9. The summed E-state index contributed by atoms with van der Waals surface area (Å²) in [6.07, 6.45) is 0.494. The maximum Gasteiger partial charge on any atom is 0.303 e. The number of nitrogens with zero attached hydrogens (tertiary/aromatic N) is 2. The number of fused-ring (bicyclic) bond motifs is 2. The average Bonchev–Trinajstić information content (AvgIpc) is 3.37. The van der Waals surface area contributed by atoms with Gasteiger partial charge < -0.3 is 14.7 Å². The molecule has 1 aliphatic carbocycles. The van der Waals surface area contributed by atoms with Gasteiger partial charge in [0.2, 0.25) is 5.91 Å². The molecule has 7 nitrogen and oxygen atoms in total. The van der Waals surface area contributed by atoms with Crippen molar-refractivity contribution in [3.8, 4) is 5.75 Å². The Labute approximate surface area is 219 Å². The summed E-state index contributed by atoms with van der Waals surface area (Å²) in [5.41, 5.74) is 3.99. The number of hydrogen-bond donors (Lipinski definition) is 1. The quantitative estimate of drug-likeness (QED) is 0.443. The number of rotatable bonds is 6. The van der Waals surface area contributed by atoms with Crippen LogP contribution in [0.25, 0.3) is 0 Å². The number of ketones is 1. The van der Waals surface area contributed by atoms with Crippen molar-refractivity contribution in [2.75, 3.05) is 12.0 Å². The Morgan fingerprint density at radius 2 is 1.89 bits per heavy atom. The van der Waals surface area contributed by atoms with Gasteiger partial charge in [-0.1, -0.05) is 24.3 Å². The lowest BCUT2D eigenvalue weighted by atomic mass is 9.73. The third kappa shape index (κ3) is 4.93. The van der Waals surface area contributed by atoms with Crippen LogP contribution in [0.5, 0.6) is 5.75 Å². The number of hydrogen-bond acceptors (Lipinski definition) is 6. The summed E-state index contributed by atoms with van der Waals surface area (Å²) in [7, 11) is 1.62. The summed E-state index contributed by atoms with van der Waals surface area (Å²) in [5, 5.41) is 11.2. The highest BCUT2D eigenvalue weighted by Gasteiger charge is 2.46. The fraction of sp³-hybridized carbons (Fsp3) is 0.310. The number of carbonyl (C=O) groups excluding carboxylic acids is 2. The van der Waals surface area contributed by atoms with Crippen LogP contribution in [-0.2, 0) is 14.4 Å². The van der Waals surface area contributed by atoms with Gasteiger partial charge in [0.05, 0.1) is 36.9 Å². The SMILES string of the molecule is COc1ccc(C2CC(=O)C3C(=Nc4ccc(C)cc4N(C(=O)CCC(=O)O)C3c3cccs3)C2)cc1. The number of Topliss-reactive ketones (excluding diaryl/α,β-unsaturated/α-hetero) is 1. The number of carboxylic acid groups (broad SMARTS) is 1. The maximum atomic E-state index is 13.9. The van der Waals surface area contributed by atoms with E-state index in [1.165, 1.54) is 11.3 Å². The molecule has 0 bridgehead atoms. The van der Waals surface area contributed by atoms with E-state index in [0.29, 0.717) is 24.2 Å². The topological polar surface area (TPSA) is 96.3 Å². The van der Waals surface area contributed by atoms with E-state index in [1.54, 1.807) is 12.0 Å². The Morgan fingerprint density at radius 3 is 2.57 bits per heavy atom. The number of thiophene rings is 1. The molecular weight excluding hydrogens is 488 g/mol. The Morgan fingerprint density at radius 1 is 1.11 bits per heavy atom. The first kappa shape index (κ1) is 24.9. The van der Waals surface area contributed by atoms with E-state index in [4.69, 9.17) is 9.73 Å². The number of carboxylic acids is 1. The number of aliphatic imine (C=N–C) groups is 1. The zero-order valence-electron chi connectivity index (χ0n) is 20.7. The van der Waals surface area contributed by atoms with Crippen LogP contribution in [-0.4, -0.2) is 35.6 Å². The summed E-state index contributed by atoms with van der Waals surface area (Å²) >= 11 is 1.49. The number of benzene rings is 2. The molecule has 3 aromatic rings. The average molecular weight is 517 g/mol. The molecule has 37 heavy (non-hydrogen) atoms. The van der Waals surface area contributed by atoms with Crippen molar-refractivity contribution in [3.63, 3.8) is 0 Å². The lowest BCUT2D eigenvalue weighted by Gasteiger charge is -2.38. The van der Waals surface area contributed by atoms with Crippen LogP contribution in [0, 0.1) is 12.8 Å². The molecule has 1 saturated carbocycles. The van der Waals surface area contributed by atoms with Gasteiger partial charge in [-0.2, -0.15) is 0 Å². The van der Waals surface area contributed by atoms with Crippen LogP contribution in [0.3, 0.4) is 0 Å². The Hall–Kier alpha value is -3.78. The zero-order chi connectivity index (χ0) is 26.1. The second-order valence-corrected chi connectivity index (χ2v) is 10.5. The maximum absolute atomic E-state index is 13.9. The van der Waals surface area contributed by atoms with Gasteiger partial charge in [0.15, 0.2) is 0 Å². The number of carbonyl (C=O) groups is 3. The number of methoxy groups -OCH3 is 1. The monoisotopic (exact) mass is 516 g/mol. The van der Waals surface area contributed by atoms with E-state index < -0.39 is 17.9 Å². The molecule has 1 aromatic heterocycles. The van der Waals surface area contributed by atoms with Crippen molar-refractivity contribution in [1.82, 2.24) is 0 Å². The molecule has 0 radical (unpaired) electrons. The predicted molar refractivity (Wildman–Crippen MR) is 143 cm³/mol. The number of aliphatic carboxylic acids is 1. The smallest absolute Gasteiger partial charge is 0.303 e. The molecule has 2 aliphatic rings. The molecule has 1 aliphatic heterocycles. The molecule has 5 rings (SSSR count). The molecule has 1 N–H and O–H groups in total. The fourth-order valence-electron chi connectivity index (χ4n) is 5.34. The molecule has 2 aromatic carbocycles. The molecule has 0 spiro atoms. The third-order valence-electron chi connectivity index (χ3n) is 7.10. The Balaban J connectivity index is 1.62. The first-order valence-electron chi connectivity index (χ1n) is 12.3. The van der Waals surface area contributed by atoms with Gasteiger partial charge in [-0.15, -0.1) is 11.3 Å². The highest BCUT2D eigenvalue weighted by molar-refractivity contribution is 7.10. The molecule has 1 amide bonds. The van der Waals surface area contributed by atoms with E-state index in [9.17, 15) is 19.5 Å². The molecule has 3 unspecified atom stereocenters. The van der Waals surface area contributed by atoms with Crippen LogP contribution >= 0.6 is 11.3 Å². The van der Waals surface area contributed by atoms with Crippen molar-refractivity contribution in [2.45, 2.75) is 44.6 Å². The summed E-state index contributed by atoms with van der Waals surface area (Å²) in [4.78, 5) is 46.4. The summed E-state index contributed by atoms with van der Waals surface area (Å²) in [6, 6.07) is 16.8. The molecule has 190 valence electrons. The van der Waals surface area contributed by atoms with Gasteiger partial charge in [-0.05, 0) is 66.1 Å². The molecule has 8 heteroatoms. The lowest BCUT2D eigenvalue weighted by molar-refractivity contribution is -0.138. The number of anilines is 1. The Bertz CT molecular complexity index is 1360. The summed E-state index contributed by atoms with van der Waals surface area (Å²) in [6.45, 7) is 1.94. The van der Waals surface area contributed by atoms with Gasteiger partial charge in [-0.3, -0.25) is 19.4 Å². The van der Waals surface area contributed by atoms with Gasteiger partial charge >= 0.3 is 5.97 Å². The molecule has 3 atom stereocenters. The van der Waals surface area contributed by atoms with Gasteiger partial charge in [0.25, 0.3) is 0 Å². The standard InChI is InChI=1S/C29H28N2O5S/c1-17-5-10-21-23(14-17)31(26(33)11-12-27(34)35)29(25-4-3-13-37-25)28-22(30-21)15-19(16-24(28)32)18-6-8-20(36-2)9-7-18/h3-10,13-14,19,28-29H,11-12,15-16H2,1-2H3,(H,34,35). The number of ether oxygens (including phenoxy) is 1. The van der Waals surface area contributed by atoms with Gasteiger partial charge in [0, 0.05) is 23.4 Å². The molecular formula is C29H28N2O5S. The van der Waals surface area contributed by atoms with Crippen molar-refractivity contribution < 1.29 is 24.2 Å². The van der Waals surface area contributed by atoms with E-state index in [1.807, 2.05) is 66.9 Å². The number of amides is 1. The second kappa shape index (κ2) is 10.3. The van der Waals surface area contributed by atoms with Crippen LogP contribution in [0.1, 0.15) is 53.6 Å². The summed E-state index contributed by atoms with van der Waals surface area (Å²) < 4.78 is 5.29. The minimum atomic E-state index is -1.03. The third-order valence-corrected chi connectivity index (χ3v) is 8.04. The minimum absolute atomic E-state index is 0.0273. The lowest BCUT2D eigenvalue weighted by Crippen LogP contribution is -2.45. The normalized spacial score (nSPS) is 20.9. The van der Waals surface area contributed by atoms with Crippen LogP contribution < -0.4 is 9.64 Å². The van der Waals surface area contributed by atoms with E-state index >= 15 is 0 Å². The number of aryl methyl sites for hydroxylation is 1. The molecule has 1 fully saturated rings. The van der Waals surface area contributed by atoms with Crippen molar-refractivity contribution in [2.24, 2.45) is 10.9 Å². The highest BCUT2D eigenvalue weighted by atomic mass is 32.1. The van der Waals surface area contributed by atoms with Gasteiger partial charge in [0.1, 0.15) is 11.5 Å². The molecule has 2 heterocycles. The van der Waals surface area contributed by atoms with Gasteiger partial charge in [-0.25, -0.2) is 0 Å².